The van der Waals surface area contributed by atoms with Crippen molar-refractivity contribution in [3.8, 4) is 0 Å². The summed E-state index contributed by atoms with van der Waals surface area (Å²) >= 11 is 12.0. The van der Waals surface area contributed by atoms with Crippen molar-refractivity contribution in [1.82, 2.24) is 9.62 Å². The van der Waals surface area contributed by atoms with E-state index in [4.69, 9.17) is 28.9 Å². The SMILES string of the molecule is CC(CCN(C)C)NS(=O)(=O)c1cc(Cl)cc(CN)c1Cl. The van der Waals surface area contributed by atoms with Gasteiger partial charge in [0.1, 0.15) is 4.90 Å². The van der Waals surface area contributed by atoms with E-state index in [0.29, 0.717) is 17.0 Å². The highest BCUT2D eigenvalue weighted by Gasteiger charge is 2.22. The Morgan fingerprint density at radius 1 is 1.33 bits per heavy atom. The molecule has 0 aromatic heterocycles. The number of rotatable bonds is 7. The van der Waals surface area contributed by atoms with Crippen LogP contribution in [0.25, 0.3) is 0 Å². The summed E-state index contributed by atoms with van der Waals surface area (Å²) in [6, 6.07) is 2.69. The Morgan fingerprint density at radius 3 is 2.48 bits per heavy atom. The van der Waals surface area contributed by atoms with Gasteiger partial charge in [-0.3, -0.25) is 0 Å². The summed E-state index contributed by atoms with van der Waals surface area (Å²) in [6.45, 7) is 2.71. The molecule has 0 fully saturated rings. The predicted octanol–water partition coefficient (Wildman–Crippen LogP) is 2.07. The Balaban J connectivity index is 3.00. The summed E-state index contributed by atoms with van der Waals surface area (Å²) in [5.74, 6) is 0. The van der Waals surface area contributed by atoms with Crippen molar-refractivity contribution >= 4 is 33.2 Å². The van der Waals surface area contributed by atoms with Crippen LogP contribution in [0.5, 0.6) is 0 Å². The largest absolute Gasteiger partial charge is 0.326 e. The first-order chi connectivity index (χ1) is 9.67. The minimum absolute atomic E-state index is 0.0335. The van der Waals surface area contributed by atoms with Crippen LogP contribution >= 0.6 is 23.2 Å². The second-order valence-electron chi connectivity index (χ2n) is 5.20. The van der Waals surface area contributed by atoms with E-state index in [0.717, 1.165) is 6.54 Å². The van der Waals surface area contributed by atoms with Crippen molar-refractivity contribution in [3.63, 3.8) is 0 Å². The molecule has 0 saturated heterocycles. The molecule has 1 atom stereocenters. The number of benzene rings is 1. The first kappa shape index (κ1) is 18.7. The molecular weight excluding hydrogens is 333 g/mol. The molecule has 0 saturated carbocycles. The third kappa shape index (κ3) is 5.39. The molecule has 0 radical (unpaired) electrons. The minimum atomic E-state index is -3.73. The second kappa shape index (κ2) is 7.76. The lowest BCUT2D eigenvalue weighted by molar-refractivity contribution is 0.379. The molecule has 0 amide bonds. The van der Waals surface area contributed by atoms with Crippen LogP contribution in [0.2, 0.25) is 10.0 Å². The predicted molar refractivity (Wildman–Crippen MR) is 87.3 cm³/mol. The van der Waals surface area contributed by atoms with Crippen LogP contribution in [-0.2, 0) is 16.6 Å². The number of hydrogen-bond acceptors (Lipinski definition) is 4. The molecule has 1 aromatic carbocycles. The van der Waals surface area contributed by atoms with Crippen LogP contribution in [-0.4, -0.2) is 40.0 Å². The quantitative estimate of drug-likeness (QED) is 0.786. The number of nitrogens with one attached hydrogen (secondary N) is 1. The zero-order chi connectivity index (χ0) is 16.2. The molecule has 0 spiro atoms. The molecule has 0 aliphatic rings. The summed E-state index contributed by atoms with van der Waals surface area (Å²) in [5, 5.41) is 0.412. The van der Waals surface area contributed by atoms with Crippen LogP contribution in [0.4, 0.5) is 0 Å². The van der Waals surface area contributed by atoms with E-state index in [-0.39, 0.29) is 22.5 Å². The fourth-order valence-electron chi connectivity index (χ4n) is 1.80. The Morgan fingerprint density at radius 2 is 1.95 bits per heavy atom. The smallest absolute Gasteiger partial charge is 0.242 e. The van der Waals surface area contributed by atoms with E-state index in [2.05, 4.69) is 4.72 Å². The van der Waals surface area contributed by atoms with Gasteiger partial charge in [0.25, 0.3) is 0 Å². The maximum atomic E-state index is 12.4. The molecular formula is C13H21Cl2N3O2S. The highest BCUT2D eigenvalue weighted by atomic mass is 35.5. The second-order valence-corrected chi connectivity index (χ2v) is 7.69. The van der Waals surface area contributed by atoms with Gasteiger partial charge in [-0.15, -0.1) is 0 Å². The van der Waals surface area contributed by atoms with Gasteiger partial charge in [0, 0.05) is 17.6 Å². The van der Waals surface area contributed by atoms with Crippen molar-refractivity contribution < 1.29 is 8.42 Å². The summed E-state index contributed by atoms with van der Waals surface area (Å²) in [6.07, 6.45) is 0.689. The lowest BCUT2D eigenvalue weighted by Gasteiger charge is -2.18. The lowest BCUT2D eigenvalue weighted by Crippen LogP contribution is -2.35. The molecule has 120 valence electrons. The maximum absolute atomic E-state index is 12.4. The fourth-order valence-corrected chi connectivity index (χ4v) is 4.02. The van der Waals surface area contributed by atoms with Gasteiger partial charge < -0.3 is 10.6 Å². The topological polar surface area (TPSA) is 75.4 Å². The monoisotopic (exact) mass is 353 g/mol. The number of nitrogens with zero attached hydrogens (tertiary/aromatic N) is 1. The average Bonchev–Trinajstić information content (AvgIpc) is 2.38. The number of halogens is 2. The van der Waals surface area contributed by atoms with Gasteiger partial charge in [-0.1, -0.05) is 23.2 Å². The van der Waals surface area contributed by atoms with E-state index in [1.165, 1.54) is 6.07 Å². The molecule has 0 bridgehead atoms. The highest BCUT2D eigenvalue weighted by molar-refractivity contribution is 7.89. The standard InChI is InChI=1S/C13H21Cl2N3O2S/c1-9(4-5-18(2)3)17-21(19,20)12-7-11(14)6-10(8-16)13(12)15/h6-7,9,17H,4-5,8,16H2,1-3H3. The molecule has 1 rings (SSSR count). The maximum Gasteiger partial charge on any atom is 0.242 e. The van der Waals surface area contributed by atoms with Crippen LogP contribution < -0.4 is 10.5 Å². The third-order valence-corrected chi connectivity index (χ3v) is 5.34. The van der Waals surface area contributed by atoms with E-state index in [9.17, 15) is 8.42 Å². The van der Waals surface area contributed by atoms with Gasteiger partial charge in [-0.25, -0.2) is 13.1 Å². The average molecular weight is 354 g/mol. The van der Waals surface area contributed by atoms with Crippen LogP contribution in [0.3, 0.4) is 0 Å². The molecule has 1 aromatic rings. The van der Waals surface area contributed by atoms with Gasteiger partial charge in [0.05, 0.1) is 5.02 Å². The summed E-state index contributed by atoms with van der Waals surface area (Å²) in [4.78, 5) is 1.96. The number of sulfonamides is 1. The van der Waals surface area contributed by atoms with Crippen molar-refractivity contribution in [2.24, 2.45) is 5.73 Å². The van der Waals surface area contributed by atoms with Crippen molar-refractivity contribution in [2.75, 3.05) is 20.6 Å². The Labute approximate surface area is 136 Å². The normalized spacial score (nSPS) is 13.7. The molecule has 5 nitrogen and oxygen atoms in total. The van der Waals surface area contributed by atoms with Gasteiger partial charge in [0.2, 0.25) is 10.0 Å². The number of nitrogens with two attached hydrogens (primary N) is 1. The van der Waals surface area contributed by atoms with E-state index >= 15 is 0 Å². The summed E-state index contributed by atoms with van der Waals surface area (Å²) in [7, 11) is 0.133. The zero-order valence-electron chi connectivity index (χ0n) is 12.4. The fraction of sp³-hybridized carbons (Fsp3) is 0.538. The minimum Gasteiger partial charge on any atom is -0.326 e. The summed E-state index contributed by atoms with van der Waals surface area (Å²) < 4.78 is 27.4. The third-order valence-electron chi connectivity index (χ3n) is 2.95. The van der Waals surface area contributed by atoms with Gasteiger partial charge in [-0.05, 0) is 51.7 Å². The van der Waals surface area contributed by atoms with Crippen LogP contribution in [0, 0.1) is 0 Å². The van der Waals surface area contributed by atoms with Crippen LogP contribution in [0.1, 0.15) is 18.9 Å². The molecule has 8 heteroatoms. The molecule has 1 unspecified atom stereocenters. The molecule has 3 N–H and O–H groups in total. The highest BCUT2D eigenvalue weighted by Crippen LogP contribution is 2.29. The van der Waals surface area contributed by atoms with E-state index in [1.54, 1.807) is 6.07 Å². The number of hydrogen-bond donors (Lipinski definition) is 2. The zero-order valence-corrected chi connectivity index (χ0v) is 14.7. The lowest BCUT2D eigenvalue weighted by atomic mass is 10.2. The summed E-state index contributed by atoms with van der Waals surface area (Å²) in [5.41, 5.74) is 6.06. The molecule has 21 heavy (non-hydrogen) atoms. The molecule has 0 aliphatic carbocycles. The first-order valence-corrected chi connectivity index (χ1v) is 8.76. The Hall–Kier alpha value is -0.370. The van der Waals surface area contributed by atoms with E-state index in [1.807, 2.05) is 25.9 Å². The van der Waals surface area contributed by atoms with Crippen LogP contribution in [0.15, 0.2) is 17.0 Å². The van der Waals surface area contributed by atoms with Crippen molar-refractivity contribution in [3.05, 3.63) is 27.7 Å². The Kier molecular flexibility index (Phi) is 6.90. The van der Waals surface area contributed by atoms with Gasteiger partial charge in [-0.2, -0.15) is 0 Å². The molecule has 0 heterocycles. The van der Waals surface area contributed by atoms with E-state index < -0.39 is 10.0 Å². The Bertz CT molecular complexity index is 591. The van der Waals surface area contributed by atoms with Gasteiger partial charge in [0.15, 0.2) is 0 Å². The van der Waals surface area contributed by atoms with Crippen molar-refractivity contribution in [2.45, 2.75) is 30.8 Å². The molecule has 0 aliphatic heterocycles. The first-order valence-electron chi connectivity index (χ1n) is 6.52. The van der Waals surface area contributed by atoms with Gasteiger partial charge >= 0.3 is 0 Å². The van der Waals surface area contributed by atoms with Crippen molar-refractivity contribution in [1.29, 1.82) is 0 Å².